The minimum Gasteiger partial charge on any atom is -0.461 e. The lowest BCUT2D eigenvalue weighted by Crippen LogP contribution is -2.37. The first-order valence-corrected chi connectivity index (χ1v) is 13.5. The SMILES string of the molecule is C=C(COC(=O)C(C)(C)C)[C@H](CCCC)C(=O)C[C@@H](C)[C@H]1CC[C@H]2/C(=C/Br)CCC[C@]12C. The molecular weight excluding hydrogens is 464 g/mol. The zero-order valence-corrected chi connectivity index (χ0v) is 22.9. The summed E-state index contributed by atoms with van der Waals surface area (Å²) in [4.78, 5) is 27.8. The normalized spacial score (nSPS) is 28.8. The topological polar surface area (TPSA) is 43.4 Å². The molecule has 2 rings (SSSR count). The summed E-state index contributed by atoms with van der Waals surface area (Å²) in [6.07, 6.45) is 9.60. The van der Waals surface area contributed by atoms with Crippen molar-refractivity contribution in [2.75, 3.05) is 6.61 Å². The van der Waals surface area contributed by atoms with Gasteiger partial charge in [0.2, 0.25) is 0 Å². The van der Waals surface area contributed by atoms with E-state index in [1.165, 1.54) is 32.1 Å². The monoisotopic (exact) mass is 508 g/mol. The van der Waals surface area contributed by atoms with Crippen molar-refractivity contribution in [1.29, 1.82) is 0 Å². The van der Waals surface area contributed by atoms with Crippen molar-refractivity contribution in [3.8, 4) is 0 Å². The van der Waals surface area contributed by atoms with E-state index in [0.717, 1.165) is 24.8 Å². The largest absolute Gasteiger partial charge is 0.461 e. The Bertz CT molecular complexity index is 717. The van der Waals surface area contributed by atoms with E-state index in [1.54, 1.807) is 5.57 Å². The van der Waals surface area contributed by atoms with Crippen LogP contribution in [0, 0.1) is 34.5 Å². The van der Waals surface area contributed by atoms with Crippen LogP contribution in [0.5, 0.6) is 0 Å². The van der Waals surface area contributed by atoms with Crippen LogP contribution in [0.3, 0.4) is 0 Å². The Morgan fingerprint density at radius 1 is 1.31 bits per heavy atom. The van der Waals surface area contributed by atoms with E-state index in [1.807, 2.05) is 20.8 Å². The van der Waals surface area contributed by atoms with Gasteiger partial charge >= 0.3 is 5.97 Å². The van der Waals surface area contributed by atoms with Crippen LogP contribution in [0.15, 0.2) is 22.7 Å². The Morgan fingerprint density at radius 2 is 2.00 bits per heavy atom. The lowest BCUT2D eigenvalue weighted by atomic mass is 9.61. The van der Waals surface area contributed by atoms with Gasteiger partial charge in [-0.15, -0.1) is 0 Å². The summed E-state index contributed by atoms with van der Waals surface area (Å²) < 4.78 is 5.49. The maximum atomic E-state index is 13.5. The second-order valence-electron chi connectivity index (χ2n) is 11.6. The molecule has 0 amide bonds. The third-order valence-electron chi connectivity index (χ3n) is 8.12. The molecule has 3 nitrogen and oxygen atoms in total. The molecule has 2 aliphatic rings. The van der Waals surface area contributed by atoms with Gasteiger partial charge in [0, 0.05) is 12.3 Å². The summed E-state index contributed by atoms with van der Waals surface area (Å²) in [5.74, 6) is 1.42. The lowest BCUT2D eigenvalue weighted by molar-refractivity contribution is -0.152. The van der Waals surface area contributed by atoms with Gasteiger partial charge in [0.25, 0.3) is 0 Å². The number of hydrogen-bond donors (Lipinski definition) is 0. The van der Waals surface area contributed by atoms with Gasteiger partial charge in [-0.25, -0.2) is 0 Å². The van der Waals surface area contributed by atoms with E-state index in [0.29, 0.717) is 29.6 Å². The highest BCUT2D eigenvalue weighted by Gasteiger charge is 2.51. The van der Waals surface area contributed by atoms with Crippen LogP contribution in [0.1, 0.15) is 99.3 Å². The van der Waals surface area contributed by atoms with Crippen LogP contribution in [0.4, 0.5) is 0 Å². The van der Waals surface area contributed by atoms with Gasteiger partial charge in [0.15, 0.2) is 0 Å². The average Bonchev–Trinajstić information content (AvgIpc) is 3.08. The van der Waals surface area contributed by atoms with Gasteiger partial charge in [-0.2, -0.15) is 0 Å². The van der Waals surface area contributed by atoms with Gasteiger partial charge in [0.05, 0.1) is 5.41 Å². The molecule has 0 bridgehead atoms. The second kappa shape index (κ2) is 11.5. The van der Waals surface area contributed by atoms with Crippen molar-refractivity contribution < 1.29 is 14.3 Å². The molecule has 0 unspecified atom stereocenters. The Labute approximate surface area is 205 Å². The van der Waals surface area contributed by atoms with Crippen molar-refractivity contribution >= 4 is 27.7 Å². The Kier molecular flexibility index (Phi) is 9.82. The summed E-state index contributed by atoms with van der Waals surface area (Å²) in [6.45, 7) is 16.7. The smallest absolute Gasteiger partial charge is 0.311 e. The van der Waals surface area contributed by atoms with Crippen LogP contribution in [-0.4, -0.2) is 18.4 Å². The maximum Gasteiger partial charge on any atom is 0.311 e. The molecule has 0 aromatic carbocycles. The third-order valence-corrected chi connectivity index (χ3v) is 8.71. The highest BCUT2D eigenvalue weighted by Crippen LogP contribution is 2.60. The van der Waals surface area contributed by atoms with Crippen LogP contribution in [0.2, 0.25) is 0 Å². The zero-order chi connectivity index (χ0) is 24.1. The molecule has 4 heteroatoms. The summed E-state index contributed by atoms with van der Waals surface area (Å²) in [5.41, 5.74) is 2.07. The van der Waals surface area contributed by atoms with Crippen LogP contribution >= 0.6 is 15.9 Å². The highest BCUT2D eigenvalue weighted by atomic mass is 79.9. The fourth-order valence-corrected chi connectivity index (χ4v) is 6.77. The number of unbranched alkanes of at least 4 members (excludes halogenated alkanes) is 1. The first-order valence-electron chi connectivity index (χ1n) is 12.6. The number of rotatable bonds is 10. The Hall–Kier alpha value is -0.900. The summed E-state index contributed by atoms with van der Waals surface area (Å²) in [5, 5.41) is 0. The number of halogens is 1. The lowest BCUT2D eigenvalue weighted by Gasteiger charge is -2.44. The van der Waals surface area contributed by atoms with Crippen LogP contribution < -0.4 is 0 Å². The van der Waals surface area contributed by atoms with E-state index >= 15 is 0 Å². The molecule has 0 heterocycles. The number of carbonyl (C=O) groups is 2. The number of allylic oxidation sites excluding steroid dienone is 1. The molecule has 32 heavy (non-hydrogen) atoms. The number of ketones is 1. The first-order chi connectivity index (χ1) is 15.0. The first kappa shape index (κ1) is 27.3. The van der Waals surface area contributed by atoms with Gasteiger partial charge in [-0.3, -0.25) is 9.59 Å². The molecule has 182 valence electrons. The number of fused-ring (bicyclic) bond motifs is 1. The second-order valence-corrected chi connectivity index (χ2v) is 12.1. The quantitative estimate of drug-likeness (QED) is 0.221. The fourth-order valence-electron chi connectivity index (χ4n) is 6.22. The molecule has 2 aliphatic carbocycles. The fraction of sp³-hybridized carbons (Fsp3) is 0.786. The van der Waals surface area contributed by atoms with E-state index < -0.39 is 5.41 Å². The van der Waals surface area contributed by atoms with E-state index in [4.69, 9.17) is 4.74 Å². The predicted octanol–water partition coefficient (Wildman–Crippen LogP) is 8.03. The van der Waals surface area contributed by atoms with Gasteiger partial charge in [-0.05, 0) is 93.0 Å². The minimum atomic E-state index is -0.547. The number of ether oxygens (including phenoxy) is 1. The molecule has 0 aromatic heterocycles. The van der Waals surface area contributed by atoms with E-state index in [-0.39, 0.29) is 24.3 Å². The van der Waals surface area contributed by atoms with E-state index in [9.17, 15) is 9.59 Å². The highest BCUT2D eigenvalue weighted by molar-refractivity contribution is 9.11. The van der Waals surface area contributed by atoms with E-state index in [2.05, 4.69) is 48.3 Å². The summed E-state index contributed by atoms with van der Waals surface area (Å²) in [6, 6.07) is 0. The third kappa shape index (κ3) is 6.36. The molecule has 0 aliphatic heterocycles. The predicted molar refractivity (Wildman–Crippen MR) is 137 cm³/mol. The standard InChI is InChI=1S/C28H45BrO3/c1-8-9-12-22(20(3)18-32-26(31)27(4,5)6)25(30)16-19(2)23-13-14-24-21(17-29)11-10-15-28(23,24)7/h17,19,22-24H,3,8-16,18H2,1-2,4-7H3/b21-17+/t19-,22+,23-,24+,28-/m1/s1. The Morgan fingerprint density at radius 3 is 2.59 bits per heavy atom. The van der Waals surface area contributed by atoms with Gasteiger partial charge < -0.3 is 4.74 Å². The van der Waals surface area contributed by atoms with Gasteiger partial charge in [-0.1, -0.05) is 61.7 Å². The van der Waals surface area contributed by atoms with Crippen molar-refractivity contribution in [1.82, 2.24) is 0 Å². The van der Waals surface area contributed by atoms with Crippen LogP contribution in [0.25, 0.3) is 0 Å². The van der Waals surface area contributed by atoms with Crippen molar-refractivity contribution in [2.24, 2.45) is 34.5 Å². The Balaban J connectivity index is 2.05. The van der Waals surface area contributed by atoms with Crippen molar-refractivity contribution in [3.05, 3.63) is 22.7 Å². The number of Topliss-reactive ketones (excluding diaryl/α,β-unsaturated/α-hetero) is 1. The molecular formula is C28H45BrO3. The van der Waals surface area contributed by atoms with Crippen molar-refractivity contribution in [3.63, 3.8) is 0 Å². The maximum absolute atomic E-state index is 13.5. The average molecular weight is 510 g/mol. The van der Waals surface area contributed by atoms with Gasteiger partial charge in [0.1, 0.15) is 12.4 Å². The molecule has 0 saturated heterocycles. The molecule has 0 N–H and O–H groups in total. The summed E-state index contributed by atoms with van der Waals surface area (Å²) in [7, 11) is 0. The molecule has 5 atom stereocenters. The zero-order valence-electron chi connectivity index (χ0n) is 21.3. The minimum absolute atomic E-state index is 0.146. The van der Waals surface area contributed by atoms with Crippen LogP contribution in [-0.2, 0) is 14.3 Å². The number of carbonyl (C=O) groups excluding carboxylic acids is 2. The molecule has 0 radical (unpaired) electrons. The molecule has 0 spiro atoms. The number of esters is 1. The number of hydrogen-bond acceptors (Lipinski definition) is 3. The molecule has 2 saturated carbocycles. The molecule has 2 fully saturated rings. The summed E-state index contributed by atoms with van der Waals surface area (Å²) >= 11 is 3.60. The van der Waals surface area contributed by atoms with Crippen molar-refractivity contribution in [2.45, 2.75) is 99.3 Å². The molecule has 0 aromatic rings.